The number of carbonyl (C=O) groups is 4. The lowest BCUT2D eigenvalue weighted by molar-refractivity contribution is -0.660. The fourth-order valence-electron chi connectivity index (χ4n) is 1.34. The molecule has 1 spiro atoms. The third-order valence-electron chi connectivity index (χ3n) is 2.02. The van der Waals surface area contributed by atoms with Crippen molar-refractivity contribution in [2.45, 2.75) is 12.8 Å². The summed E-state index contributed by atoms with van der Waals surface area (Å²) in [6, 6.07) is 0. The third-order valence-corrected chi connectivity index (χ3v) is 2.02. The molecule has 0 N–H and O–H groups in total. The summed E-state index contributed by atoms with van der Waals surface area (Å²) in [5.74, 6) is -1.36. The molecule has 2 heterocycles. The second-order valence-electron chi connectivity index (χ2n) is 2.59. The Morgan fingerprint density at radius 1 is 0.917 bits per heavy atom. The van der Waals surface area contributed by atoms with E-state index >= 15 is 0 Å². The molecule has 4 amide bonds. The monoisotopic (exact) mass is 170 g/mol. The number of cyclic esters (lactones) is 2. The number of imide groups is 6. The Kier molecular flexibility index (Phi) is 1.05. The summed E-state index contributed by atoms with van der Waals surface area (Å²) in [7, 11) is 0. The van der Waals surface area contributed by atoms with E-state index in [9.17, 15) is 19.2 Å². The standard InChI is InChI=1S/C6H4NO5/c8-3-1-2-4(9)7(3)5(10)12-6(7)11/h1-2H2/q+1. The summed E-state index contributed by atoms with van der Waals surface area (Å²) in [6.45, 7) is 0. The Morgan fingerprint density at radius 3 is 1.58 bits per heavy atom. The number of hydrogen-bond acceptors (Lipinski definition) is 5. The van der Waals surface area contributed by atoms with Crippen molar-refractivity contribution in [2.24, 2.45) is 0 Å². The molecule has 0 bridgehead atoms. The molecule has 0 aromatic rings. The molecule has 2 saturated heterocycles. The molecule has 62 valence electrons. The second-order valence-corrected chi connectivity index (χ2v) is 2.59. The molecule has 12 heavy (non-hydrogen) atoms. The number of carbonyl (C=O) groups excluding carboxylic acids is 4. The molecule has 6 nitrogen and oxygen atoms in total. The number of nitrogens with zero attached hydrogens (tertiary/aromatic N) is 1. The molecule has 0 aromatic carbocycles. The van der Waals surface area contributed by atoms with Gasteiger partial charge in [0.2, 0.25) is 0 Å². The van der Waals surface area contributed by atoms with Crippen LogP contribution in [0.3, 0.4) is 0 Å². The highest BCUT2D eigenvalue weighted by Crippen LogP contribution is 2.32. The summed E-state index contributed by atoms with van der Waals surface area (Å²) < 4.78 is 2.64. The molecular formula is C6H4NO5+. The van der Waals surface area contributed by atoms with E-state index in [1.807, 2.05) is 0 Å². The van der Waals surface area contributed by atoms with Gasteiger partial charge in [0, 0.05) is 4.48 Å². The lowest BCUT2D eigenvalue weighted by Crippen LogP contribution is -2.69. The molecule has 0 aromatic heterocycles. The van der Waals surface area contributed by atoms with Crippen molar-refractivity contribution in [2.75, 3.05) is 0 Å². The van der Waals surface area contributed by atoms with Gasteiger partial charge in [-0.2, -0.15) is 9.59 Å². The second kappa shape index (κ2) is 1.78. The van der Waals surface area contributed by atoms with E-state index in [-0.39, 0.29) is 12.8 Å². The van der Waals surface area contributed by atoms with Crippen LogP contribution in [0, 0.1) is 0 Å². The molecule has 2 rings (SSSR count). The molecule has 0 saturated carbocycles. The van der Waals surface area contributed by atoms with Crippen molar-refractivity contribution < 1.29 is 28.4 Å². The van der Waals surface area contributed by atoms with Crippen molar-refractivity contribution in [1.29, 1.82) is 0 Å². The average Bonchev–Trinajstić information content (AvgIpc) is 2.30. The first-order valence-corrected chi connectivity index (χ1v) is 3.33. The highest BCUT2D eigenvalue weighted by atomic mass is 16.7. The summed E-state index contributed by atoms with van der Waals surface area (Å²) in [4.78, 5) is 43.6. The molecule has 0 unspecified atom stereocenters. The van der Waals surface area contributed by atoms with Crippen LogP contribution in [-0.4, -0.2) is 28.5 Å². The van der Waals surface area contributed by atoms with E-state index in [1.165, 1.54) is 0 Å². The maximum absolute atomic E-state index is 11.0. The fourth-order valence-corrected chi connectivity index (χ4v) is 1.34. The van der Waals surface area contributed by atoms with Crippen molar-refractivity contribution in [3.63, 3.8) is 0 Å². The largest absolute Gasteiger partial charge is 0.554 e. The average molecular weight is 170 g/mol. The van der Waals surface area contributed by atoms with Crippen LogP contribution in [0.15, 0.2) is 0 Å². The normalized spacial score (nSPS) is 26.0. The van der Waals surface area contributed by atoms with E-state index in [0.717, 1.165) is 0 Å². The Labute approximate surface area is 66.3 Å². The van der Waals surface area contributed by atoms with Gasteiger partial charge in [-0.05, 0) is 0 Å². The Bertz CT molecular complexity index is 299. The Hall–Kier alpha value is -1.56. The zero-order valence-electron chi connectivity index (χ0n) is 5.90. The number of hydrogen-bond donors (Lipinski definition) is 0. The van der Waals surface area contributed by atoms with Crippen LogP contribution < -0.4 is 0 Å². The van der Waals surface area contributed by atoms with Crippen molar-refractivity contribution in [3.8, 4) is 0 Å². The van der Waals surface area contributed by atoms with Crippen molar-refractivity contribution in [1.82, 2.24) is 0 Å². The lowest BCUT2D eigenvalue weighted by Gasteiger charge is -2.26. The van der Waals surface area contributed by atoms with E-state index in [4.69, 9.17) is 0 Å². The first-order chi connectivity index (χ1) is 5.60. The predicted molar refractivity (Wildman–Crippen MR) is 31.4 cm³/mol. The van der Waals surface area contributed by atoms with E-state index < -0.39 is 28.5 Å². The lowest BCUT2D eigenvalue weighted by atomic mass is 10.4. The van der Waals surface area contributed by atoms with Crippen LogP contribution >= 0.6 is 0 Å². The third kappa shape index (κ3) is 0.473. The van der Waals surface area contributed by atoms with Crippen LogP contribution in [0.2, 0.25) is 0 Å². The quantitative estimate of drug-likeness (QED) is 0.288. The molecule has 0 aliphatic carbocycles. The summed E-state index contributed by atoms with van der Waals surface area (Å²) in [6.07, 6.45) is -2.24. The van der Waals surface area contributed by atoms with Crippen LogP contribution in [0.1, 0.15) is 12.8 Å². The van der Waals surface area contributed by atoms with E-state index in [1.54, 1.807) is 0 Å². The van der Waals surface area contributed by atoms with E-state index in [2.05, 4.69) is 4.74 Å². The molecule has 2 aliphatic rings. The summed E-state index contributed by atoms with van der Waals surface area (Å²) in [5.41, 5.74) is 0. The number of quaternary nitrogens is 1. The zero-order valence-corrected chi connectivity index (χ0v) is 5.90. The maximum Gasteiger partial charge on any atom is 0.554 e. The number of ether oxygens (including phenoxy) is 1. The van der Waals surface area contributed by atoms with Crippen LogP contribution in [0.25, 0.3) is 0 Å². The van der Waals surface area contributed by atoms with Crippen molar-refractivity contribution >= 4 is 24.0 Å². The first kappa shape index (κ1) is 7.11. The zero-order chi connectivity index (χ0) is 8.93. The SMILES string of the molecule is O=C1CCC(=O)[N+]12C(=O)OC2=O. The molecule has 2 fully saturated rings. The minimum Gasteiger partial charge on any atom is -0.295 e. The summed E-state index contributed by atoms with van der Waals surface area (Å²) >= 11 is 0. The molecule has 6 heteroatoms. The highest BCUT2D eigenvalue weighted by Gasteiger charge is 2.74. The Morgan fingerprint density at radius 2 is 1.33 bits per heavy atom. The van der Waals surface area contributed by atoms with Gasteiger partial charge in [-0.25, -0.2) is 9.59 Å². The van der Waals surface area contributed by atoms with Crippen LogP contribution in [-0.2, 0) is 14.3 Å². The first-order valence-electron chi connectivity index (χ1n) is 3.33. The minimum absolute atomic E-state index is 0.0559. The molecule has 2 aliphatic heterocycles. The van der Waals surface area contributed by atoms with Gasteiger partial charge in [0.15, 0.2) is 0 Å². The number of rotatable bonds is 0. The van der Waals surface area contributed by atoms with Gasteiger partial charge in [-0.3, -0.25) is 4.74 Å². The highest BCUT2D eigenvalue weighted by molar-refractivity contribution is 6.16. The molecule has 0 atom stereocenters. The van der Waals surface area contributed by atoms with Gasteiger partial charge in [0.05, 0.1) is 12.8 Å². The maximum atomic E-state index is 11.0. The predicted octanol–water partition coefficient (Wildman–Crippen LogP) is -0.0796. The smallest absolute Gasteiger partial charge is 0.295 e. The van der Waals surface area contributed by atoms with Gasteiger partial charge in [0.25, 0.3) is 0 Å². The van der Waals surface area contributed by atoms with Crippen LogP contribution in [0.4, 0.5) is 9.59 Å². The van der Waals surface area contributed by atoms with Gasteiger partial charge in [0.1, 0.15) is 0 Å². The topological polar surface area (TPSA) is 77.5 Å². The van der Waals surface area contributed by atoms with Gasteiger partial charge >= 0.3 is 24.0 Å². The van der Waals surface area contributed by atoms with Crippen molar-refractivity contribution in [3.05, 3.63) is 0 Å². The van der Waals surface area contributed by atoms with Gasteiger partial charge < -0.3 is 0 Å². The van der Waals surface area contributed by atoms with Crippen LogP contribution in [0.5, 0.6) is 0 Å². The fraction of sp³-hybridized carbons (Fsp3) is 0.333. The summed E-state index contributed by atoms with van der Waals surface area (Å²) in [5, 5.41) is 0. The minimum atomic E-state index is -1.33. The van der Waals surface area contributed by atoms with Gasteiger partial charge in [-0.15, -0.1) is 0 Å². The van der Waals surface area contributed by atoms with E-state index in [0.29, 0.717) is 0 Å². The number of amides is 4. The van der Waals surface area contributed by atoms with Gasteiger partial charge in [-0.1, -0.05) is 0 Å². The Balaban J connectivity index is 2.53. The molecular weight excluding hydrogens is 166 g/mol. The molecule has 0 radical (unpaired) electrons.